The fourth-order valence-corrected chi connectivity index (χ4v) is 3.02. The van der Waals surface area contributed by atoms with Crippen molar-refractivity contribution in [1.29, 1.82) is 0 Å². The fourth-order valence-electron chi connectivity index (χ4n) is 3.02. The number of aromatic nitrogens is 1. The zero-order valence-corrected chi connectivity index (χ0v) is 15.9. The van der Waals surface area contributed by atoms with Gasteiger partial charge in [-0.1, -0.05) is 0 Å². The van der Waals surface area contributed by atoms with Crippen molar-refractivity contribution in [2.45, 2.75) is 13.8 Å². The van der Waals surface area contributed by atoms with Crippen molar-refractivity contribution in [1.82, 2.24) is 4.57 Å². The van der Waals surface area contributed by atoms with Crippen LogP contribution in [0.15, 0.2) is 59.6 Å². The van der Waals surface area contributed by atoms with Crippen molar-refractivity contribution in [3.63, 3.8) is 0 Å². The van der Waals surface area contributed by atoms with Crippen LogP contribution in [-0.2, 0) is 0 Å². The first-order chi connectivity index (χ1) is 12.9. The molecule has 3 aromatic rings. The maximum Gasteiger partial charge on any atom is 0.269 e. The molecule has 27 heavy (non-hydrogen) atoms. The first kappa shape index (κ1) is 18.4. The average molecular weight is 362 g/mol. The van der Waals surface area contributed by atoms with E-state index in [9.17, 15) is 10.1 Å². The molecular formula is C21H22N4O2. The van der Waals surface area contributed by atoms with E-state index in [0.29, 0.717) is 5.69 Å². The van der Waals surface area contributed by atoms with Gasteiger partial charge in [0.1, 0.15) is 0 Å². The molecule has 2 aromatic carbocycles. The maximum atomic E-state index is 10.7. The molecule has 0 unspecified atom stereocenters. The summed E-state index contributed by atoms with van der Waals surface area (Å²) in [6, 6.07) is 16.7. The van der Waals surface area contributed by atoms with Crippen LogP contribution in [0.3, 0.4) is 0 Å². The summed E-state index contributed by atoms with van der Waals surface area (Å²) in [6.45, 7) is 4.13. The van der Waals surface area contributed by atoms with E-state index in [2.05, 4.69) is 58.6 Å². The first-order valence-electron chi connectivity index (χ1n) is 8.62. The van der Waals surface area contributed by atoms with Gasteiger partial charge in [-0.05, 0) is 56.3 Å². The summed E-state index contributed by atoms with van der Waals surface area (Å²) in [5.41, 5.74) is 6.23. The van der Waals surface area contributed by atoms with E-state index in [1.54, 1.807) is 18.3 Å². The van der Waals surface area contributed by atoms with E-state index in [1.807, 2.05) is 14.1 Å². The number of non-ortho nitro benzene ring substituents is 1. The van der Waals surface area contributed by atoms with Crippen molar-refractivity contribution < 1.29 is 4.92 Å². The Morgan fingerprint density at radius 2 is 1.67 bits per heavy atom. The summed E-state index contributed by atoms with van der Waals surface area (Å²) < 4.78 is 2.19. The summed E-state index contributed by atoms with van der Waals surface area (Å²) in [4.78, 5) is 16.8. The van der Waals surface area contributed by atoms with Crippen LogP contribution in [-0.4, -0.2) is 29.8 Å². The van der Waals surface area contributed by atoms with Gasteiger partial charge in [0.15, 0.2) is 0 Å². The van der Waals surface area contributed by atoms with Crippen LogP contribution in [0.1, 0.15) is 17.0 Å². The van der Waals surface area contributed by atoms with Gasteiger partial charge in [0, 0.05) is 60.8 Å². The van der Waals surface area contributed by atoms with Crippen LogP contribution in [0, 0.1) is 24.0 Å². The second kappa shape index (κ2) is 7.45. The molecule has 0 atom stereocenters. The van der Waals surface area contributed by atoms with Gasteiger partial charge in [-0.2, -0.15) is 0 Å². The smallest absolute Gasteiger partial charge is 0.269 e. The van der Waals surface area contributed by atoms with Gasteiger partial charge in [-0.25, -0.2) is 0 Å². The number of rotatable bonds is 5. The molecule has 0 saturated carbocycles. The number of nitro groups is 1. The summed E-state index contributed by atoms with van der Waals surface area (Å²) in [5, 5.41) is 10.7. The summed E-state index contributed by atoms with van der Waals surface area (Å²) in [5.74, 6) is 0. The highest BCUT2D eigenvalue weighted by Crippen LogP contribution is 2.23. The van der Waals surface area contributed by atoms with Crippen LogP contribution in [0.2, 0.25) is 0 Å². The number of nitro benzene ring substituents is 1. The number of aryl methyl sites for hydroxylation is 1. The number of benzene rings is 2. The normalized spacial score (nSPS) is 11.1. The average Bonchev–Trinajstić information content (AvgIpc) is 2.94. The SMILES string of the molecule is Cc1cc(C=Nc2ccc([N+](=O)[O-])cc2)c(C)n1-c1ccc(N(C)C)cc1. The molecule has 0 bridgehead atoms. The molecule has 0 aliphatic carbocycles. The molecule has 1 heterocycles. The summed E-state index contributed by atoms with van der Waals surface area (Å²) >= 11 is 0. The molecule has 0 saturated heterocycles. The zero-order valence-electron chi connectivity index (χ0n) is 15.9. The van der Waals surface area contributed by atoms with Crippen LogP contribution >= 0.6 is 0 Å². The van der Waals surface area contributed by atoms with E-state index in [4.69, 9.17) is 0 Å². The Morgan fingerprint density at radius 3 is 2.22 bits per heavy atom. The Labute approximate surface area is 158 Å². The minimum atomic E-state index is -0.414. The lowest BCUT2D eigenvalue weighted by Gasteiger charge is -2.14. The lowest BCUT2D eigenvalue weighted by molar-refractivity contribution is -0.384. The number of hydrogen-bond donors (Lipinski definition) is 0. The molecule has 0 aliphatic heterocycles. The zero-order chi connectivity index (χ0) is 19.6. The Hall–Kier alpha value is -3.41. The van der Waals surface area contributed by atoms with Crippen molar-refractivity contribution in [2.24, 2.45) is 4.99 Å². The predicted molar refractivity (Wildman–Crippen MR) is 110 cm³/mol. The molecular weight excluding hydrogens is 340 g/mol. The van der Waals surface area contributed by atoms with E-state index in [1.165, 1.54) is 12.1 Å². The monoisotopic (exact) mass is 362 g/mol. The van der Waals surface area contributed by atoms with Crippen LogP contribution in [0.4, 0.5) is 17.1 Å². The molecule has 6 nitrogen and oxygen atoms in total. The summed E-state index contributed by atoms with van der Waals surface area (Å²) in [7, 11) is 4.04. The third kappa shape index (κ3) is 3.89. The van der Waals surface area contributed by atoms with Gasteiger partial charge >= 0.3 is 0 Å². The Bertz CT molecular complexity index is 984. The minimum absolute atomic E-state index is 0.0632. The molecule has 0 amide bonds. The molecule has 1 aromatic heterocycles. The number of aliphatic imine (C=N–C) groups is 1. The molecule has 138 valence electrons. The molecule has 0 aliphatic rings. The van der Waals surface area contributed by atoms with Crippen molar-refractivity contribution in [3.05, 3.63) is 81.7 Å². The Morgan fingerprint density at radius 1 is 1.04 bits per heavy atom. The molecule has 0 N–H and O–H groups in total. The molecule has 3 rings (SSSR count). The third-order valence-electron chi connectivity index (χ3n) is 4.51. The Kier molecular flexibility index (Phi) is 5.07. The fraction of sp³-hybridized carbons (Fsp3) is 0.190. The lowest BCUT2D eigenvalue weighted by Crippen LogP contribution is -2.08. The Balaban J connectivity index is 1.88. The topological polar surface area (TPSA) is 63.7 Å². The van der Waals surface area contributed by atoms with Crippen molar-refractivity contribution in [3.8, 4) is 5.69 Å². The maximum absolute atomic E-state index is 10.7. The predicted octanol–water partition coefficient (Wildman–Crippen LogP) is 4.82. The molecule has 0 fully saturated rings. The number of nitrogens with zero attached hydrogens (tertiary/aromatic N) is 4. The van der Waals surface area contributed by atoms with E-state index in [0.717, 1.165) is 28.3 Å². The number of hydrogen-bond acceptors (Lipinski definition) is 4. The highest BCUT2D eigenvalue weighted by atomic mass is 16.6. The van der Waals surface area contributed by atoms with Gasteiger partial charge in [0.05, 0.1) is 10.6 Å². The van der Waals surface area contributed by atoms with Gasteiger partial charge in [-0.15, -0.1) is 0 Å². The highest BCUT2D eigenvalue weighted by Gasteiger charge is 2.10. The largest absolute Gasteiger partial charge is 0.378 e. The quantitative estimate of drug-likeness (QED) is 0.371. The van der Waals surface area contributed by atoms with Gasteiger partial charge in [-0.3, -0.25) is 15.1 Å². The van der Waals surface area contributed by atoms with Crippen LogP contribution in [0.5, 0.6) is 0 Å². The van der Waals surface area contributed by atoms with E-state index in [-0.39, 0.29) is 5.69 Å². The van der Waals surface area contributed by atoms with E-state index < -0.39 is 4.92 Å². The number of anilines is 1. The summed E-state index contributed by atoms with van der Waals surface area (Å²) in [6.07, 6.45) is 1.80. The van der Waals surface area contributed by atoms with Gasteiger partial charge in [0.25, 0.3) is 5.69 Å². The van der Waals surface area contributed by atoms with Crippen molar-refractivity contribution >= 4 is 23.3 Å². The molecule has 0 spiro atoms. The molecule has 6 heteroatoms. The van der Waals surface area contributed by atoms with Gasteiger partial charge < -0.3 is 9.47 Å². The minimum Gasteiger partial charge on any atom is -0.378 e. The molecule has 0 radical (unpaired) electrons. The van der Waals surface area contributed by atoms with E-state index >= 15 is 0 Å². The second-order valence-corrected chi connectivity index (χ2v) is 6.60. The lowest BCUT2D eigenvalue weighted by atomic mass is 10.2. The van der Waals surface area contributed by atoms with Gasteiger partial charge in [0.2, 0.25) is 0 Å². The standard InChI is InChI=1S/C21H22N4O2/c1-15-13-17(14-22-18-5-7-21(8-6-18)25(26)27)16(2)24(15)20-11-9-19(10-12-20)23(3)4/h5-14H,1-4H3. The van der Waals surface area contributed by atoms with Crippen molar-refractivity contribution in [2.75, 3.05) is 19.0 Å². The van der Waals surface area contributed by atoms with Crippen LogP contribution < -0.4 is 4.90 Å². The first-order valence-corrected chi connectivity index (χ1v) is 8.62. The second-order valence-electron chi connectivity index (χ2n) is 6.60. The third-order valence-corrected chi connectivity index (χ3v) is 4.51. The highest BCUT2D eigenvalue weighted by molar-refractivity contribution is 5.84. The van der Waals surface area contributed by atoms with Crippen LogP contribution in [0.25, 0.3) is 5.69 Å².